The van der Waals surface area contributed by atoms with Gasteiger partial charge in [-0.2, -0.15) is 0 Å². The Morgan fingerprint density at radius 3 is 2.31 bits per heavy atom. The van der Waals surface area contributed by atoms with Crippen LogP contribution in [-0.4, -0.2) is 42.3 Å². The molecule has 0 aliphatic rings. The highest BCUT2D eigenvalue weighted by atomic mass is 32.1. The molecule has 2 aromatic rings. The lowest BCUT2D eigenvalue weighted by Gasteiger charge is -2.28. The minimum Gasteiger partial charge on any atom is -0.465 e. The van der Waals surface area contributed by atoms with Crippen molar-refractivity contribution in [1.82, 2.24) is 4.57 Å². The van der Waals surface area contributed by atoms with E-state index in [1.165, 1.54) is 10.6 Å². The summed E-state index contributed by atoms with van der Waals surface area (Å²) in [6, 6.07) is 6.97. The van der Waals surface area contributed by atoms with Crippen LogP contribution in [-0.2, 0) is 35.1 Å². The Balaban J connectivity index is 2.58. The number of esters is 3. The van der Waals surface area contributed by atoms with E-state index in [0.717, 1.165) is 11.3 Å². The van der Waals surface area contributed by atoms with Crippen LogP contribution in [0.5, 0.6) is 0 Å². The molecular weight excluding hydrogens is 398 g/mol. The average molecular weight is 421 g/mol. The van der Waals surface area contributed by atoms with E-state index < -0.39 is 36.3 Å². The summed E-state index contributed by atoms with van der Waals surface area (Å²) in [5.74, 6) is -2.70. The fraction of sp³-hybridized carbons (Fsp3) is 0.400. The van der Waals surface area contributed by atoms with Gasteiger partial charge in [-0.15, -0.1) is 0 Å². The van der Waals surface area contributed by atoms with Gasteiger partial charge in [0.15, 0.2) is 5.41 Å². The van der Waals surface area contributed by atoms with E-state index in [0.29, 0.717) is 10.2 Å². The van der Waals surface area contributed by atoms with Crippen LogP contribution < -0.4 is 4.87 Å². The summed E-state index contributed by atoms with van der Waals surface area (Å²) >= 11 is 0.976. The number of nitrogens with zero attached hydrogens (tertiary/aromatic N) is 1. The third-order valence-corrected chi connectivity index (χ3v) is 5.10. The molecule has 0 radical (unpaired) electrons. The van der Waals surface area contributed by atoms with Gasteiger partial charge in [0.05, 0.1) is 36.4 Å². The molecule has 1 aromatic heterocycles. The fourth-order valence-electron chi connectivity index (χ4n) is 2.83. The van der Waals surface area contributed by atoms with Gasteiger partial charge in [0, 0.05) is 0 Å². The van der Waals surface area contributed by atoms with E-state index in [4.69, 9.17) is 14.2 Å². The number of fused-ring (bicyclic) bond motifs is 1. The summed E-state index contributed by atoms with van der Waals surface area (Å²) in [4.78, 5) is 50.4. The first-order chi connectivity index (χ1) is 13.9. The third-order valence-electron chi connectivity index (χ3n) is 4.14. The number of para-hydroxylation sites is 1. The second kappa shape index (κ2) is 10.0. The van der Waals surface area contributed by atoms with Crippen LogP contribution >= 0.6 is 11.3 Å². The molecule has 8 nitrogen and oxygen atoms in total. The predicted octanol–water partition coefficient (Wildman–Crippen LogP) is 2.29. The van der Waals surface area contributed by atoms with Crippen LogP contribution in [0.2, 0.25) is 0 Å². The summed E-state index contributed by atoms with van der Waals surface area (Å²) < 4.78 is 17.2. The first-order valence-corrected chi connectivity index (χ1v) is 9.90. The summed E-state index contributed by atoms with van der Waals surface area (Å²) in [5, 5.41) is 0. The molecule has 29 heavy (non-hydrogen) atoms. The van der Waals surface area contributed by atoms with Gasteiger partial charge in [0.1, 0.15) is 6.61 Å². The third kappa shape index (κ3) is 4.92. The van der Waals surface area contributed by atoms with Crippen molar-refractivity contribution in [3.8, 4) is 0 Å². The Bertz CT molecular complexity index is 941. The Morgan fingerprint density at radius 2 is 1.72 bits per heavy atom. The molecule has 0 N–H and O–H groups in total. The quantitative estimate of drug-likeness (QED) is 0.251. The smallest absolute Gasteiger partial charge is 0.325 e. The average Bonchev–Trinajstić information content (AvgIpc) is 3.01. The number of carbonyl (C=O) groups is 3. The number of aromatic nitrogens is 1. The van der Waals surface area contributed by atoms with Crippen molar-refractivity contribution in [3.05, 3.63) is 46.6 Å². The number of thiazole rings is 1. The second-order valence-electron chi connectivity index (χ2n) is 6.09. The SMILES string of the molecule is C=CCOC(=O)CC(Cn1c(=O)sc2ccccc21)(C(=O)OCC)C(=O)OCC. The molecule has 0 bridgehead atoms. The van der Waals surface area contributed by atoms with E-state index in [-0.39, 0.29) is 24.7 Å². The lowest BCUT2D eigenvalue weighted by atomic mass is 9.83. The molecule has 0 aliphatic heterocycles. The minimum absolute atomic E-state index is 0.0129. The molecule has 0 amide bonds. The minimum atomic E-state index is -2.06. The van der Waals surface area contributed by atoms with Crippen LogP contribution in [0.4, 0.5) is 0 Å². The number of carbonyl (C=O) groups excluding carboxylic acids is 3. The maximum atomic E-state index is 12.9. The Morgan fingerprint density at radius 1 is 1.10 bits per heavy atom. The zero-order chi connectivity index (χ0) is 21.4. The van der Waals surface area contributed by atoms with Gasteiger partial charge in [-0.3, -0.25) is 23.7 Å². The van der Waals surface area contributed by atoms with Crippen molar-refractivity contribution in [1.29, 1.82) is 0 Å². The van der Waals surface area contributed by atoms with Gasteiger partial charge in [-0.25, -0.2) is 0 Å². The molecule has 0 fully saturated rings. The molecule has 156 valence electrons. The van der Waals surface area contributed by atoms with Crippen molar-refractivity contribution in [3.63, 3.8) is 0 Å². The van der Waals surface area contributed by atoms with Gasteiger partial charge in [0.2, 0.25) is 0 Å². The van der Waals surface area contributed by atoms with Gasteiger partial charge < -0.3 is 14.2 Å². The van der Waals surface area contributed by atoms with E-state index in [1.807, 2.05) is 0 Å². The summed E-state index contributed by atoms with van der Waals surface area (Å²) in [5.41, 5.74) is -1.52. The van der Waals surface area contributed by atoms with Crippen LogP contribution in [0, 0.1) is 5.41 Å². The van der Waals surface area contributed by atoms with Crippen LogP contribution in [0.15, 0.2) is 41.7 Å². The number of hydrogen-bond donors (Lipinski definition) is 0. The van der Waals surface area contributed by atoms with E-state index in [1.54, 1.807) is 38.1 Å². The Kier molecular flexibility index (Phi) is 7.72. The number of benzene rings is 1. The standard InChI is InChI=1S/C20H23NO7S/c1-4-11-28-16(22)12-20(17(23)26-5-2,18(24)27-6-3)13-21-14-9-7-8-10-15(14)29-19(21)25/h4,7-10H,1,5-6,11-13H2,2-3H3. The van der Waals surface area contributed by atoms with Crippen LogP contribution in [0.1, 0.15) is 20.3 Å². The fourth-order valence-corrected chi connectivity index (χ4v) is 3.72. The topological polar surface area (TPSA) is 101 Å². The molecule has 0 unspecified atom stereocenters. The lowest BCUT2D eigenvalue weighted by molar-refractivity contribution is -0.178. The maximum Gasteiger partial charge on any atom is 0.325 e. The van der Waals surface area contributed by atoms with Crippen molar-refractivity contribution >= 4 is 39.5 Å². The Hall–Kier alpha value is -2.94. The van der Waals surface area contributed by atoms with Crippen molar-refractivity contribution in [2.24, 2.45) is 5.41 Å². The summed E-state index contributed by atoms with van der Waals surface area (Å²) in [6.45, 7) is 6.11. The molecule has 0 saturated heterocycles. The molecule has 0 atom stereocenters. The zero-order valence-electron chi connectivity index (χ0n) is 16.3. The van der Waals surface area contributed by atoms with Crippen LogP contribution in [0.25, 0.3) is 10.2 Å². The summed E-state index contributed by atoms with van der Waals surface area (Å²) in [6.07, 6.45) is 0.736. The highest BCUT2D eigenvalue weighted by Crippen LogP contribution is 2.31. The normalized spacial score (nSPS) is 11.1. The van der Waals surface area contributed by atoms with Gasteiger partial charge in [-0.05, 0) is 26.0 Å². The zero-order valence-corrected chi connectivity index (χ0v) is 17.2. The largest absolute Gasteiger partial charge is 0.465 e. The lowest BCUT2D eigenvalue weighted by Crippen LogP contribution is -2.48. The number of hydrogen-bond acceptors (Lipinski definition) is 8. The van der Waals surface area contributed by atoms with E-state index >= 15 is 0 Å². The highest BCUT2D eigenvalue weighted by Gasteiger charge is 2.52. The van der Waals surface area contributed by atoms with Crippen molar-refractivity contribution < 1.29 is 28.6 Å². The molecule has 9 heteroatoms. The molecule has 0 aliphatic carbocycles. The molecule has 1 aromatic carbocycles. The molecule has 2 rings (SSSR count). The predicted molar refractivity (Wildman–Crippen MR) is 108 cm³/mol. The molecular formula is C20H23NO7S. The first kappa shape index (κ1) is 22.4. The van der Waals surface area contributed by atoms with E-state index in [2.05, 4.69) is 6.58 Å². The first-order valence-electron chi connectivity index (χ1n) is 9.09. The summed E-state index contributed by atoms with van der Waals surface area (Å²) in [7, 11) is 0. The van der Waals surface area contributed by atoms with Gasteiger partial charge in [-0.1, -0.05) is 36.1 Å². The van der Waals surface area contributed by atoms with Crippen molar-refractivity contribution in [2.45, 2.75) is 26.8 Å². The van der Waals surface area contributed by atoms with E-state index in [9.17, 15) is 19.2 Å². The second-order valence-corrected chi connectivity index (χ2v) is 7.09. The number of rotatable bonds is 10. The molecule has 0 saturated carbocycles. The van der Waals surface area contributed by atoms with Crippen LogP contribution in [0.3, 0.4) is 0 Å². The monoisotopic (exact) mass is 421 g/mol. The molecule has 0 spiro atoms. The molecule has 1 heterocycles. The number of ether oxygens (including phenoxy) is 3. The van der Waals surface area contributed by atoms with Crippen molar-refractivity contribution in [2.75, 3.05) is 19.8 Å². The van der Waals surface area contributed by atoms with Gasteiger partial charge >= 0.3 is 22.8 Å². The maximum absolute atomic E-state index is 12.9. The highest BCUT2D eigenvalue weighted by molar-refractivity contribution is 7.16. The van der Waals surface area contributed by atoms with Gasteiger partial charge in [0.25, 0.3) is 0 Å². The Labute approximate surface area is 171 Å².